The molecule has 8 heteroatoms. The summed E-state index contributed by atoms with van der Waals surface area (Å²) in [6.07, 6.45) is 4.15. The van der Waals surface area contributed by atoms with E-state index in [-0.39, 0.29) is 11.9 Å². The number of anilines is 1. The van der Waals surface area contributed by atoms with Gasteiger partial charge in [-0.3, -0.25) is 10.1 Å². The highest BCUT2D eigenvalue weighted by atomic mass is 32.1. The zero-order chi connectivity index (χ0) is 20.9. The van der Waals surface area contributed by atoms with Gasteiger partial charge in [0.2, 0.25) is 5.91 Å². The van der Waals surface area contributed by atoms with Crippen LogP contribution in [-0.2, 0) is 4.79 Å². The SMILES string of the molecule is CN1CCN(C(=O)CC2CCN(C(=O)Nc3ncc(-c4ccccc4)s3)CC2)CC1. The number of urea groups is 1. The summed E-state index contributed by atoms with van der Waals surface area (Å²) in [5.41, 5.74) is 1.10. The standard InChI is InChI=1S/C22H29N5O2S/c1-25-11-13-26(14-12-25)20(28)15-17-7-9-27(10-8-17)22(29)24-21-23-16-19(30-21)18-5-3-2-4-6-18/h2-6,16-17H,7-15H2,1H3,(H,23,24,29). The second kappa shape index (κ2) is 9.57. The van der Waals surface area contributed by atoms with Crippen molar-refractivity contribution in [1.29, 1.82) is 0 Å². The van der Waals surface area contributed by atoms with Crippen molar-refractivity contribution in [3.8, 4) is 10.4 Å². The van der Waals surface area contributed by atoms with E-state index in [4.69, 9.17) is 0 Å². The number of nitrogens with zero attached hydrogens (tertiary/aromatic N) is 4. The fraction of sp³-hybridized carbons (Fsp3) is 0.500. The average molecular weight is 428 g/mol. The van der Waals surface area contributed by atoms with Crippen molar-refractivity contribution in [2.75, 3.05) is 51.6 Å². The smallest absolute Gasteiger partial charge is 0.323 e. The molecule has 7 nitrogen and oxygen atoms in total. The van der Waals surface area contributed by atoms with Gasteiger partial charge in [-0.15, -0.1) is 0 Å². The van der Waals surface area contributed by atoms with Crippen molar-refractivity contribution < 1.29 is 9.59 Å². The first-order valence-electron chi connectivity index (χ1n) is 10.6. The topological polar surface area (TPSA) is 68.8 Å². The van der Waals surface area contributed by atoms with Crippen LogP contribution >= 0.6 is 11.3 Å². The quantitative estimate of drug-likeness (QED) is 0.814. The number of hydrogen-bond acceptors (Lipinski definition) is 5. The number of piperidine rings is 1. The Morgan fingerprint density at radius 2 is 1.73 bits per heavy atom. The van der Waals surface area contributed by atoms with Gasteiger partial charge in [0, 0.05) is 51.9 Å². The molecule has 2 fully saturated rings. The predicted octanol–water partition coefficient (Wildman–Crippen LogP) is 3.22. The minimum Gasteiger partial charge on any atom is -0.340 e. The Morgan fingerprint density at radius 3 is 2.43 bits per heavy atom. The minimum absolute atomic E-state index is 0.104. The van der Waals surface area contributed by atoms with E-state index < -0.39 is 0 Å². The molecule has 0 unspecified atom stereocenters. The van der Waals surface area contributed by atoms with Gasteiger partial charge in [-0.2, -0.15) is 0 Å². The summed E-state index contributed by atoms with van der Waals surface area (Å²) in [4.78, 5) is 36.6. The number of piperazine rings is 1. The van der Waals surface area contributed by atoms with E-state index in [1.165, 1.54) is 11.3 Å². The number of nitrogens with one attached hydrogen (secondary N) is 1. The summed E-state index contributed by atoms with van der Waals surface area (Å²) >= 11 is 1.48. The first-order chi connectivity index (χ1) is 14.6. The molecule has 4 rings (SSSR count). The van der Waals surface area contributed by atoms with E-state index >= 15 is 0 Å². The fourth-order valence-corrected chi connectivity index (χ4v) is 4.82. The van der Waals surface area contributed by atoms with Crippen molar-refractivity contribution in [2.45, 2.75) is 19.3 Å². The number of benzene rings is 1. The first kappa shape index (κ1) is 20.8. The van der Waals surface area contributed by atoms with Gasteiger partial charge < -0.3 is 14.7 Å². The minimum atomic E-state index is -0.104. The van der Waals surface area contributed by atoms with Crippen LogP contribution in [-0.4, -0.2) is 77.9 Å². The second-order valence-electron chi connectivity index (χ2n) is 8.14. The highest BCUT2D eigenvalue weighted by Gasteiger charge is 2.27. The van der Waals surface area contributed by atoms with Gasteiger partial charge in [-0.25, -0.2) is 9.78 Å². The predicted molar refractivity (Wildman–Crippen MR) is 120 cm³/mol. The molecule has 0 spiro atoms. The monoisotopic (exact) mass is 427 g/mol. The molecule has 0 saturated carbocycles. The van der Waals surface area contributed by atoms with Crippen LogP contribution in [0.15, 0.2) is 36.5 Å². The van der Waals surface area contributed by atoms with E-state index in [9.17, 15) is 9.59 Å². The number of amides is 3. The molecular formula is C22H29N5O2S. The van der Waals surface area contributed by atoms with Crippen LogP contribution in [0.3, 0.4) is 0 Å². The van der Waals surface area contributed by atoms with Crippen molar-refractivity contribution in [2.24, 2.45) is 5.92 Å². The largest absolute Gasteiger partial charge is 0.340 e. The molecule has 0 aliphatic carbocycles. The normalized spacial score (nSPS) is 18.4. The van der Waals surface area contributed by atoms with Crippen LogP contribution in [0.5, 0.6) is 0 Å². The van der Waals surface area contributed by atoms with E-state index in [2.05, 4.69) is 22.2 Å². The lowest BCUT2D eigenvalue weighted by atomic mass is 9.93. The number of carbonyl (C=O) groups is 2. The molecule has 1 N–H and O–H groups in total. The van der Waals surface area contributed by atoms with Crippen LogP contribution in [0.4, 0.5) is 9.93 Å². The first-order valence-corrected chi connectivity index (χ1v) is 11.4. The van der Waals surface area contributed by atoms with Gasteiger partial charge in [-0.1, -0.05) is 41.7 Å². The van der Waals surface area contributed by atoms with Gasteiger partial charge >= 0.3 is 6.03 Å². The highest BCUT2D eigenvalue weighted by Crippen LogP contribution is 2.29. The average Bonchev–Trinajstić information content (AvgIpc) is 3.24. The molecule has 3 amide bonds. The van der Waals surface area contributed by atoms with Crippen LogP contribution in [0.1, 0.15) is 19.3 Å². The number of likely N-dealkylation sites (tertiary alicyclic amines) is 1. The molecule has 1 aromatic heterocycles. The summed E-state index contributed by atoms with van der Waals surface area (Å²) < 4.78 is 0. The number of aromatic nitrogens is 1. The molecule has 3 heterocycles. The van der Waals surface area contributed by atoms with E-state index in [1.807, 2.05) is 40.1 Å². The maximum atomic E-state index is 12.6. The Morgan fingerprint density at radius 1 is 1.03 bits per heavy atom. The lowest BCUT2D eigenvalue weighted by Crippen LogP contribution is -2.48. The maximum Gasteiger partial charge on any atom is 0.323 e. The van der Waals surface area contributed by atoms with Crippen molar-refractivity contribution in [1.82, 2.24) is 19.7 Å². The molecule has 30 heavy (non-hydrogen) atoms. The molecule has 0 atom stereocenters. The number of likely N-dealkylation sites (N-methyl/N-ethyl adjacent to an activating group) is 1. The van der Waals surface area contributed by atoms with Crippen LogP contribution in [0.25, 0.3) is 10.4 Å². The zero-order valence-corrected chi connectivity index (χ0v) is 18.2. The van der Waals surface area contributed by atoms with Gasteiger partial charge in [0.25, 0.3) is 0 Å². The van der Waals surface area contributed by atoms with Crippen molar-refractivity contribution in [3.63, 3.8) is 0 Å². The fourth-order valence-electron chi connectivity index (χ4n) is 4.01. The van der Waals surface area contributed by atoms with Crippen LogP contribution in [0, 0.1) is 5.92 Å². The number of carbonyl (C=O) groups excluding carboxylic acids is 2. The summed E-state index contributed by atoms with van der Waals surface area (Å²) in [6, 6.07) is 9.93. The Balaban J connectivity index is 1.23. The molecular weight excluding hydrogens is 398 g/mol. The molecule has 0 radical (unpaired) electrons. The van der Waals surface area contributed by atoms with Gasteiger partial charge in [-0.05, 0) is 31.4 Å². The van der Waals surface area contributed by atoms with Gasteiger partial charge in [0.05, 0.1) is 4.88 Å². The number of thiazole rings is 1. The highest BCUT2D eigenvalue weighted by molar-refractivity contribution is 7.19. The Bertz CT molecular complexity index is 855. The zero-order valence-electron chi connectivity index (χ0n) is 17.4. The lowest BCUT2D eigenvalue weighted by Gasteiger charge is -2.35. The second-order valence-corrected chi connectivity index (χ2v) is 9.18. The number of rotatable bonds is 4. The summed E-state index contributed by atoms with van der Waals surface area (Å²) in [5, 5.41) is 3.54. The lowest BCUT2D eigenvalue weighted by molar-refractivity contribution is -0.134. The van der Waals surface area contributed by atoms with E-state index in [0.29, 0.717) is 30.6 Å². The molecule has 2 aliphatic rings. The third-order valence-corrected chi connectivity index (χ3v) is 6.96. The maximum absolute atomic E-state index is 12.6. The third-order valence-electron chi connectivity index (χ3n) is 6.00. The molecule has 2 aromatic rings. The van der Waals surface area contributed by atoms with Crippen LogP contribution < -0.4 is 5.32 Å². The number of hydrogen-bond donors (Lipinski definition) is 1. The van der Waals surface area contributed by atoms with Gasteiger partial charge in [0.1, 0.15) is 0 Å². The Hall–Kier alpha value is -2.45. The summed E-state index contributed by atoms with van der Waals surface area (Å²) in [5.74, 6) is 0.632. The molecule has 1 aromatic carbocycles. The Kier molecular flexibility index (Phi) is 6.64. The molecule has 2 aliphatic heterocycles. The molecule has 2 saturated heterocycles. The summed E-state index contributed by atoms with van der Waals surface area (Å²) in [7, 11) is 2.09. The van der Waals surface area contributed by atoms with E-state index in [0.717, 1.165) is 49.5 Å². The van der Waals surface area contributed by atoms with Crippen molar-refractivity contribution >= 4 is 28.4 Å². The van der Waals surface area contributed by atoms with Crippen molar-refractivity contribution in [3.05, 3.63) is 36.5 Å². The molecule has 0 bridgehead atoms. The van der Waals surface area contributed by atoms with E-state index in [1.54, 1.807) is 6.20 Å². The molecule has 160 valence electrons. The summed E-state index contributed by atoms with van der Waals surface area (Å²) in [6.45, 7) is 4.93. The van der Waals surface area contributed by atoms with Gasteiger partial charge in [0.15, 0.2) is 5.13 Å². The Labute approximate surface area is 181 Å². The third kappa shape index (κ3) is 5.17. The van der Waals surface area contributed by atoms with Crippen LogP contribution in [0.2, 0.25) is 0 Å².